The van der Waals surface area contributed by atoms with Crippen LogP contribution in [0.25, 0.3) is 0 Å². The SMILES string of the molecule is CC(C)CCC(C)Nc1ccn(C)n1. The van der Waals surface area contributed by atoms with E-state index in [1.54, 1.807) is 0 Å². The van der Waals surface area contributed by atoms with Crippen LogP contribution in [-0.2, 0) is 7.05 Å². The van der Waals surface area contributed by atoms with Crippen molar-refractivity contribution in [2.75, 3.05) is 5.32 Å². The molecule has 0 saturated heterocycles. The second-order valence-electron chi connectivity index (χ2n) is 4.39. The molecule has 0 fully saturated rings. The molecule has 0 aliphatic carbocycles. The van der Waals surface area contributed by atoms with E-state index in [-0.39, 0.29) is 0 Å². The van der Waals surface area contributed by atoms with Crippen LogP contribution in [0.4, 0.5) is 5.82 Å². The number of aryl methyl sites for hydroxylation is 1. The molecule has 1 heterocycles. The van der Waals surface area contributed by atoms with Crippen LogP contribution in [-0.4, -0.2) is 15.8 Å². The summed E-state index contributed by atoms with van der Waals surface area (Å²) in [7, 11) is 1.93. The molecule has 0 aliphatic rings. The molecule has 1 N–H and O–H groups in total. The van der Waals surface area contributed by atoms with Gasteiger partial charge in [-0.2, -0.15) is 5.10 Å². The molecule has 3 nitrogen and oxygen atoms in total. The van der Waals surface area contributed by atoms with E-state index in [2.05, 4.69) is 31.2 Å². The van der Waals surface area contributed by atoms with Crippen molar-refractivity contribution in [1.29, 1.82) is 0 Å². The van der Waals surface area contributed by atoms with E-state index in [1.807, 2.05) is 24.0 Å². The number of nitrogens with zero attached hydrogens (tertiary/aromatic N) is 2. The third kappa shape index (κ3) is 3.81. The first-order valence-corrected chi connectivity index (χ1v) is 5.34. The van der Waals surface area contributed by atoms with Crippen LogP contribution in [0, 0.1) is 5.92 Å². The van der Waals surface area contributed by atoms with E-state index in [4.69, 9.17) is 0 Å². The summed E-state index contributed by atoms with van der Waals surface area (Å²) in [5.74, 6) is 1.76. The van der Waals surface area contributed by atoms with Crippen LogP contribution >= 0.6 is 0 Å². The van der Waals surface area contributed by atoms with E-state index in [9.17, 15) is 0 Å². The number of nitrogens with one attached hydrogen (secondary N) is 1. The Kier molecular flexibility index (Phi) is 3.98. The van der Waals surface area contributed by atoms with Crippen LogP contribution < -0.4 is 5.32 Å². The van der Waals surface area contributed by atoms with Gasteiger partial charge in [0.25, 0.3) is 0 Å². The highest BCUT2D eigenvalue weighted by molar-refractivity contribution is 5.33. The number of rotatable bonds is 5. The van der Waals surface area contributed by atoms with Crippen molar-refractivity contribution in [2.45, 2.75) is 39.7 Å². The topological polar surface area (TPSA) is 29.9 Å². The summed E-state index contributed by atoms with van der Waals surface area (Å²) in [6.07, 6.45) is 4.42. The van der Waals surface area contributed by atoms with Gasteiger partial charge in [-0.1, -0.05) is 13.8 Å². The Balaban J connectivity index is 2.30. The Morgan fingerprint density at radius 1 is 1.36 bits per heavy atom. The number of hydrogen-bond donors (Lipinski definition) is 1. The first-order chi connectivity index (χ1) is 6.58. The van der Waals surface area contributed by atoms with Gasteiger partial charge < -0.3 is 5.32 Å². The first-order valence-electron chi connectivity index (χ1n) is 5.34. The summed E-state index contributed by atoms with van der Waals surface area (Å²) in [6, 6.07) is 2.51. The lowest BCUT2D eigenvalue weighted by atomic mass is 10.0. The second-order valence-corrected chi connectivity index (χ2v) is 4.39. The Bertz CT molecular complexity index is 265. The fraction of sp³-hybridized carbons (Fsp3) is 0.727. The van der Waals surface area contributed by atoms with Gasteiger partial charge in [0.05, 0.1) is 0 Å². The Labute approximate surface area is 86.5 Å². The zero-order valence-corrected chi connectivity index (χ0v) is 9.62. The van der Waals surface area contributed by atoms with Crippen molar-refractivity contribution in [2.24, 2.45) is 13.0 Å². The van der Waals surface area contributed by atoms with E-state index >= 15 is 0 Å². The van der Waals surface area contributed by atoms with Crippen molar-refractivity contribution >= 4 is 5.82 Å². The standard InChI is InChI=1S/C11H21N3/c1-9(2)5-6-10(3)12-11-7-8-14(4)13-11/h7-10H,5-6H2,1-4H3,(H,12,13). The maximum atomic E-state index is 4.28. The third-order valence-electron chi connectivity index (χ3n) is 2.28. The summed E-state index contributed by atoms with van der Waals surface area (Å²) in [4.78, 5) is 0. The summed E-state index contributed by atoms with van der Waals surface area (Å²) in [6.45, 7) is 6.72. The molecule has 0 amide bonds. The monoisotopic (exact) mass is 195 g/mol. The molecule has 0 bridgehead atoms. The minimum atomic E-state index is 0.507. The molecule has 1 atom stereocenters. The molecule has 80 valence electrons. The average Bonchev–Trinajstić information content (AvgIpc) is 2.48. The fourth-order valence-electron chi connectivity index (χ4n) is 1.40. The molecule has 0 aromatic carbocycles. The molecule has 1 aromatic rings. The Hall–Kier alpha value is -0.990. The lowest BCUT2D eigenvalue weighted by Gasteiger charge is -2.14. The van der Waals surface area contributed by atoms with E-state index in [0.29, 0.717) is 6.04 Å². The van der Waals surface area contributed by atoms with Gasteiger partial charge in [-0.15, -0.1) is 0 Å². The summed E-state index contributed by atoms with van der Waals surface area (Å²) in [5.41, 5.74) is 0. The van der Waals surface area contributed by atoms with Crippen molar-refractivity contribution < 1.29 is 0 Å². The maximum absolute atomic E-state index is 4.28. The molecular formula is C11H21N3. The van der Waals surface area contributed by atoms with Crippen LogP contribution in [0.15, 0.2) is 12.3 Å². The predicted octanol–water partition coefficient (Wildman–Crippen LogP) is 2.66. The normalized spacial score (nSPS) is 13.2. The van der Waals surface area contributed by atoms with Gasteiger partial charge in [-0.05, 0) is 25.7 Å². The zero-order valence-electron chi connectivity index (χ0n) is 9.62. The maximum Gasteiger partial charge on any atom is 0.148 e. The lowest BCUT2D eigenvalue weighted by molar-refractivity contribution is 0.526. The largest absolute Gasteiger partial charge is 0.366 e. The number of aromatic nitrogens is 2. The smallest absolute Gasteiger partial charge is 0.148 e. The van der Waals surface area contributed by atoms with Gasteiger partial charge in [0.1, 0.15) is 5.82 Å². The van der Waals surface area contributed by atoms with Crippen LogP contribution in [0.2, 0.25) is 0 Å². The molecule has 1 rings (SSSR count). The lowest BCUT2D eigenvalue weighted by Crippen LogP contribution is -2.16. The van der Waals surface area contributed by atoms with E-state index in [0.717, 1.165) is 11.7 Å². The van der Waals surface area contributed by atoms with E-state index < -0.39 is 0 Å². The summed E-state index contributed by atoms with van der Waals surface area (Å²) < 4.78 is 1.82. The van der Waals surface area contributed by atoms with Crippen LogP contribution in [0.1, 0.15) is 33.6 Å². The third-order valence-corrected chi connectivity index (χ3v) is 2.28. The molecule has 1 unspecified atom stereocenters. The van der Waals surface area contributed by atoms with Gasteiger partial charge in [0, 0.05) is 25.4 Å². The second kappa shape index (κ2) is 5.03. The Morgan fingerprint density at radius 2 is 2.07 bits per heavy atom. The number of hydrogen-bond acceptors (Lipinski definition) is 2. The first kappa shape index (κ1) is 11.1. The summed E-state index contributed by atoms with van der Waals surface area (Å²) in [5, 5.41) is 7.67. The van der Waals surface area contributed by atoms with E-state index in [1.165, 1.54) is 12.8 Å². The molecule has 14 heavy (non-hydrogen) atoms. The molecule has 0 saturated carbocycles. The average molecular weight is 195 g/mol. The molecule has 3 heteroatoms. The summed E-state index contributed by atoms with van der Waals surface area (Å²) >= 11 is 0. The molecule has 0 spiro atoms. The number of anilines is 1. The van der Waals surface area contributed by atoms with Crippen molar-refractivity contribution in [1.82, 2.24) is 9.78 Å². The highest BCUT2D eigenvalue weighted by Gasteiger charge is 2.04. The zero-order chi connectivity index (χ0) is 10.6. The molecule has 0 radical (unpaired) electrons. The minimum Gasteiger partial charge on any atom is -0.366 e. The minimum absolute atomic E-state index is 0.507. The van der Waals surface area contributed by atoms with Gasteiger partial charge in [0.2, 0.25) is 0 Å². The van der Waals surface area contributed by atoms with Crippen molar-refractivity contribution in [3.05, 3.63) is 12.3 Å². The molecule has 0 aliphatic heterocycles. The van der Waals surface area contributed by atoms with Gasteiger partial charge in [-0.3, -0.25) is 4.68 Å². The van der Waals surface area contributed by atoms with Gasteiger partial charge in [-0.25, -0.2) is 0 Å². The van der Waals surface area contributed by atoms with Crippen molar-refractivity contribution in [3.63, 3.8) is 0 Å². The van der Waals surface area contributed by atoms with Gasteiger partial charge in [0.15, 0.2) is 0 Å². The quantitative estimate of drug-likeness (QED) is 0.782. The van der Waals surface area contributed by atoms with Gasteiger partial charge >= 0.3 is 0 Å². The van der Waals surface area contributed by atoms with Crippen molar-refractivity contribution in [3.8, 4) is 0 Å². The highest BCUT2D eigenvalue weighted by Crippen LogP contribution is 2.10. The fourth-order valence-corrected chi connectivity index (χ4v) is 1.40. The molecule has 1 aromatic heterocycles. The Morgan fingerprint density at radius 3 is 2.57 bits per heavy atom. The highest BCUT2D eigenvalue weighted by atomic mass is 15.3. The molecular weight excluding hydrogens is 174 g/mol. The van der Waals surface area contributed by atoms with Crippen LogP contribution in [0.5, 0.6) is 0 Å². The van der Waals surface area contributed by atoms with Crippen LogP contribution in [0.3, 0.4) is 0 Å². The predicted molar refractivity (Wildman–Crippen MR) is 60.4 cm³/mol.